The van der Waals surface area contributed by atoms with Crippen LogP contribution < -0.4 is 10.1 Å². The lowest BCUT2D eigenvalue weighted by Gasteiger charge is -2.36. The molecule has 4 rings (SSSR count). The summed E-state index contributed by atoms with van der Waals surface area (Å²) in [4.78, 5) is 12.2. The molecule has 0 spiro atoms. The molecular formula is C21H25FN6O5S. The van der Waals surface area contributed by atoms with Crippen LogP contribution in [0.4, 0.5) is 10.3 Å². The predicted molar refractivity (Wildman–Crippen MR) is 117 cm³/mol. The van der Waals surface area contributed by atoms with Crippen molar-refractivity contribution in [1.29, 1.82) is 5.26 Å². The van der Waals surface area contributed by atoms with Crippen LogP contribution >= 0.6 is 0 Å². The van der Waals surface area contributed by atoms with Gasteiger partial charge in [-0.05, 0) is 25.5 Å². The SMILES string of the molecule is C[C@]1(O)COCC[C@H]1Oc1nc(N[C@@H]2CCN(S(=O)(=O)c3ccccn3)C[C@H]2F)ncc1C#N. The van der Waals surface area contributed by atoms with Crippen molar-refractivity contribution in [2.75, 3.05) is 31.6 Å². The Morgan fingerprint density at radius 1 is 1.38 bits per heavy atom. The Kier molecular flexibility index (Phi) is 6.94. The largest absolute Gasteiger partial charge is 0.470 e. The number of hydrogen-bond acceptors (Lipinski definition) is 10. The number of pyridine rings is 1. The second kappa shape index (κ2) is 9.75. The molecule has 13 heteroatoms. The highest BCUT2D eigenvalue weighted by Gasteiger charge is 2.39. The van der Waals surface area contributed by atoms with E-state index in [2.05, 4.69) is 20.3 Å². The second-order valence-corrected chi connectivity index (χ2v) is 10.3. The quantitative estimate of drug-likeness (QED) is 0.594. The Labute approximate surface area is 196 Å². The van der Waals surface area contributed by atoms with Gasteiger partial charge in [-0.1, -0.05) is 6.07 Å². The van der Waals surface area contributed by atoms with Crippen molar-refractivity contribution in [1.82, 2.24) is 19.3 Å². The minimum absolute atomic E-state index is 0.0299. The molecule has 4 heterocycles. The van der Waals surface area contributed by atoms with Gasteiger partial charge in [0, 0.05) is 25.7 Å². The van der Waals surface area contributed by atoms with Gasteiger partial charge in [0.2, 0.25) is 11.8 Å². The fourth-order valence-electron chi connectivity index (χ4n) is 3.85. The van der Waals surface area contributed by atoms with Crippen molar-refractivity contribution in [3.05, 3.63) is 36.2 Å². The predicted octanol–water partition coefficient (Wildman–Crippen LogP) is 0.875. The third kappa shape index (κ3) is 5.10. The van der Waals surface area contributed by atoms with E-state index in [-0.39, 0.29) is 48.5 Å². The number of nitrogens with zero attached hydrogens (tertiary/aromatic N) is 5. The number of halogens is 1. The summed E-state index contributed by atoms with van der Waals surface area (Å²) in [7, 11) is -3.90. The second-order valence-electron chi connectivity index (χ2n) is 8.42. The molecule has 2 N–H and O–H groups in total. The molecule has 11 nitrogen and oxygen atoms in total. The maximum atomic E-state index is 15.0. The van der Waals surface area contributed by atoms with Gasteiger partial charge in [0.1, 0.15) is 29.5 Å². The normalized spacial score (nSPS) is 28.1. The Balaban J connectivity index is 1.45. The molecule has 0 amide bonds. The summed E-state index contributed by atoms with van der Waals surface area (Å²) in [6.45, 7) is 1.79. The van der Waals surface area contributed by atoms with Gasteiger partial charge >= 0.3 is 0 Å². The number of alkyl halides is 1. The lowest BCUT2D eigenvalue weighted by atomic mass is 9.95. The van der Waals surface area contributed by atoms with Crippen LogP contribution in [0.25, 0.3) is 0 Å². The van der Waals surface area contributed by atoms with Crippen LogP contribution in [0.1, 0.15) is 25.3 Å². The van der Waals surface area contributed by atoms with E-state index in [0.717, 1.165) is 4.31 Å². The van der Waals surface area contributed by atoms with Crippen molar-refractivity contribution in [2.24, 2.45) is 0 Å². The monoisotopic (exact) mass is 492 g/mol. The summed E-state index contributed by atoms with van der Waals surface area (Å²) in [5.74, 6) is 0.00661. The Hall–Kier alpha value is -2.92. The van der Waals surface area contributed by atoms with Gasteiger partial charge in [0.05, 0.1) is 25.5 Å². The lowest BCUT2D eigenvalue weighted by molar-refractivity contribution is -0.139. The van der Waals surface area contributed by atoms with Crippen molar-refractivity contribution in [3.8, 4) is 11.9 Å². The minimum atomic E-state index is -3.90. The Morgan fingerprint density at radius 3 is 2.88 bits per heavy atom. The van der Waals surface area contributed by atoms with E-state index < -0.39 is 33.9 Å². The first-order chi connectivity index (χ1) is 16.2. The van der Waals surface area contributed by atoms with Crippen LogP contribution in [0, 0.1) is 11.3 Å². The van der Waals surface area contributed by atoms with Crippen molar-refractivity contribution in [3.63, 3.8) is 0 Å². The summed E-state index contributed by atoms with van der Waals surface area (Å²) in [5.41, 5.74) is -1.19. The highest BCUT2D eigenvalue weighted by molar-refractivity contribution is 7.89. The zero-order valence-corrected chi connectivity index (χ0v) is 19.3. The maximum absolute atomic E-state index is 15.0. The first kappa shape index (κ1) is 24.2. The summed E-state index contributed by atoms with van der Waals surface area (Å²) in [5, 5.41) is 22.6. The Bertz CT molecular complexity index is 1160. The van der Waals surface area contributed by atoms with E-state index in [1.807, 2.05) is 6.07 Å². The topological polar surface area (TPSA) is 151 Å². The standard InChI is InChI=1S/C21H25FN6O5S/c1-21(29)13-32-9-6-17(21)33-19-14(10-23)11-25-20(27-19)26-16-5-8-28(12-15(16)22)34(30,31)18-4-2-3-7-24-18/h2-4,7,11,15-17,29H,5-6,8-9,12-13H2,1H3,(H,25,26,27)/t15-,16-,17-,21+/m1/s1. The van der Waals surface area contributed by atoms with Crippen molar-refractivity contribution in [2.45, 2.75) is 48.7 Å². The van der Waals surface area contributed by atoms with E-state index in [0.29, 0.717) is 13.0 Å². The molecule has 2 aliphatic rings. The minimum Gasteiger partial charge on any atom is -0.470 e. The smallest absolute Gasteiger partial charge is 0.260 e. The Morgan fingerprint density at radius 2 is 2.21 bits per heavy atom. The van der Waals surface area contributed by atoms with Crippen LogP contribution in [0.5, 0.6) is 5.88 Å². The van der Waals surface area contributed by atoms with Gasteiger partial charge < -0.3 is 19.9 Å². The molecule has 0 aliphatic carbocycles. The number of nitriles is 1. The van der Waals surface area contributed by atoms with E-state index in [1.165, 1.54) is 18.5 Å². The number of piperidine rings is 1. The third-order valence-corrected chi connectivity index (χ3v) is 7.58. The summed E-state index contributed by atoms with van der Waals surface area (Å²) < 4.78 is 52.6. The van der Waals surface area contributed by atoms with Gasteiger partial charge in [-0.2, -0.15) is 14.6 Å². The number of aromatic nitrogens is 3. The molecule has 2 aromatic rings. The fourth-order valence-corrected chi connectivity index (χ4v) is 5.25. The van der Waals surface area contributed by atoms with Crippen LogP contribution in [-0.4, -0.2) is 83.0 Å². The van der Waals surface area contributed by atoms with E-state index >= 15 is 0 Å². The maximum Gasteiger partial charge on any atom is 0.260 e. The zero-order valence-electron chi connectivity index (χ0n) is 18.5. The first-order valence-corrected chi connectivity index (χ1v) is 12.2. The molecule has 2 saturated heterocycles. The number of aliphatic hydroxyl groups is 1. The molecule has 0 radical (unpaired) electrons. The van der Waals surface area contributed by atoms with Crippen LogP contribution in [0.2, 0.25) is 0 Å². The molecule has 0 bridgehead atoms. The summed E-state index contributed by atoms with van der Waals surface area (Å²) in [6, 6.07) is 5.73. The average Bonchev–Trinajstić information content (AvgIpc) is 2.82. The number of sulfonamides is 1. The molecule has 34 heavy (non-hydrogen) atoms. The molecule has 2 aliphatic heterocycles. The molecule has 2 aromatic heterocycles. The van der Waals surface area contributed by atoms with Crippen LogP contribution in [0.3, 0.4) is 0 Å². The molecular weight excluding hydrogens is 467 g/mol. The number of rotatable bonds is 6. The summed E-state index contributed by atoms with van der Waals surface area (Å²) in [6.07, 6.45) is 1.02. The average molecular weight is 493 g/mol. The highest BCUT2D eigenvalue weighted by Crippen LogP contribution is 2.27. The number of anilines is 1. The van der Waals surface area contributed by atoms with Gasteiger partial charge in [-0.3, -0.25) is 0 Å². The van der Waals surface area contributed by atoms with Gasteiger partial charge in [0.15, 0.2) is 5.03 Å². The molecule has 182 valence electrons. The summed E-state index contributed by atoms with van der Waals surface area (Å²) >= 11 is 0. The molecule has 4 atom stereocenters. The zero-order chi connectivity index (χ0) is 24.3. The van der Waals surface area contributed by atoms with Crippen molar-refractivity contribution < 1.29 is 27.4 Å². The first-order valence-electron chi connectivity index (χ1n) is 10.8. The van der Waals surface area contributed by atoms with Gasteiger partial charge in [0.25, 0.3) is 10.0 Å². The molecule has 0 saturated carbocycles. The van der Waals surface area contributed by atoms with E-state index in [4.69, 9.17) is 9.47 Å². The lowest BCUT2D eigenvalue weighted by Crippen LogP contribution is -2.51. The van der Waals surface area contributed by atoms with Gasteiger partial charge in [-0.25, -0.2) is 22.8 Å². The fraction of sp³-hybridized carbons (Fsp3) is 0.524. The van der Waals surface area contributed by atoms with E-state index in [1.54, 1.807) is 19.1 Å². The van der Waals surface area contributed by atoms with Gasteiger partial charge in [-0.15, -0.1) is 0 Å². The van der Waals surface area contributed by atoms with Crippen molar-refractivity contribution >= 4 is 16.0 Å². The highest BCUT2D eigenvalue weighted by atomic mass is 32.2. The molecule has 2 fully saturated rings. The number of hydrogen-bond donors (Lipinski definition) is 2. The third-order valence-electron chi connectivity index (χ3n) is 5.80. The van der Waals surface area contributed by atoms with Crippen LogP contribution in [-0.2, 0) is 14.8 Å². The number of nitrogens with one attached hydrogen (secondary N) is 1. The van der Waals surface area contributed by atoms with E-state index in [9.17, 15) is 23.2 Å². The number of ether oxygens (including phenoxy) is 2. The molecule has 0 unspecified atom stereocenters. The van der Waals surface area contributed by atoms with Crippen LogP contribution in [0.15, 0.2) is 35.6 Å². The molecule has 0 aromatic carbocycles.